The topological polar surface area (TPSA) is 34.4 Å². The smallest absolute Gasteiger partial charge is 0.0951 e. The zero-order chi connectivity index (χ0) is 11.3. The normalized spacial score (nSPS) is 14.1. The minimum atomic E-state index is -0.0998. The number of furan rings is 1. The molecule has 0 fully saturated rings. The number of hydrogen-bond acceptors (Lipinski definition) is 3. The highest BCUT2D eigenvalue weighted by atomic mass is 16.5. The van der Waals surface area contributed by atoms with E-state index in [2.05, 4.69) is 33.0 Å². The van der Waals surface area contributed by atoms with E-state index in [9.17, 15) is 0 Å². The third-order valence-corrected chi connectivity index (χ3v) is 2.08. The van der Waals surface area contributed by atoms with Crippen LogP contribution in [-0.4, -0.2) is 18.8 Å². The maximum absolute atomic E-state index is 5.76. The molecule has 1 aromatic heterocycles. The lowest BCUT2D eigenvalue weighted by atomic mass is 10.1. The third-order valence-electron chi connectivity index (χ3n) is 2.08. The van der Waals surface area contributed by atoms with Crippen molar-refractivity contribution in [2.75, 3.05) is 13.2 Å². The molecule has 0 aliphatic carbocycles. The second-order valence-corrected chi connectivity index (χ2v) is 4.59. The first-order valence-electron chi connectivity index (χ1n) is 5.42. The minimum Gasteiger partial charge on any atom is -0.472 e. The summed E-state index contributed by atoms with van der Waals surface area (Å²) in [7, 11) is 0. The van der Waals surface area contributed by atoms with Crippen molar-refractivity contribution in [2.24, 2.45) is 0 Å². The molecule has 0 spiro atoms. The molecule has 0 saturated carbocycles. The van der Waals surface area contributed by atoms with E-state index in [0.29, 0.717) is 6.61 Å². The van der Waals surface area contributed by atoms with Crippen molar-refractivity contribution in [1.82, 2.24) is 5.32 Å². The largest absolute Gasteiger partial charge is 0.472 e. The van der Waals surface area contributed by atoms with E-state index in [0.717, 1.165) is 12.1 Å². The molecule has 1 N–H and O–H groups in total. The van der Waals surface area contributed by atoms with Gasteiger partial charge >= 0.3 is 0 Å². The Morgan fingerprint density at radius 3 is 2.67 bits per heavy atom. The first-order valence-corrected chi connectivity index (χ1v) is 5.42. The molecule has 0 aliphatic rings. The van der Waals surface area contributed by atoms with Gasteiger partial charge in [-0.3, -0.25) is 0 Å². The summed E-state index contributed by atoms with van der Waals surface area (Å²) in [6, 6.07) is 2.19. The zero-order valence-corrected chi connectivity index (χ0v) is 10.0. The molecule has 1 rings (SSSR count). The highest BCUT2D eigenvalue weighted by Crippen LogP contribution is 2.17. The minimum absolute atomic E-state index is 0.0998. The average Bonchev–Trinajstić information content (AvgIpc) is 2.63. The molecule has 86 valence electrons. The Hall–Kier alpha value is -0.800. The van der Waals surface area contributed by atoms with Crippen molar-refractivity contribution in [2.45, 2.75) is 39.3 Å². The monoisotopic (exact) mass is 211 g/mol. The van der Waals surface area contributed by atoms with Crippen LogP contribution in [-0.2, 0) is 4.74 Å². The first kappa shape index (κ1) is 12.3. The lowest BCUT2D eigenvalue weighted by Gasteiger charge is -2.24. The van der Waals surface area contributed by atoms with Gasteiger partial charge in [-0.1, -0.05) is 6.92 Å². The van der Waals surface area contributed by atoms with Gasteiger partial charge in [0.1, 0.15) is 0 Å². The van der Waals surface area contributed by atoms with Crippen LogP contribution in [0.25, 0.3) is 0 Å². The number of nitrogens with one attached hydrogen (secondary N) is 1. The summed E-state index contributed by atoms with van der Waals surface area (Å²) in [5.74, 6) is 0. The maximum Gasteiger partial charge on any atom is 0.0951 e. The standard InChI is InChI=1S/C12H21NO2/c1-5-13-11(9-15-12(2,3)4)10-6-7-14-8-10/h6-8,11,13H,5,9H2,1-4H3. The molecule has 0 radical (unpaired) electrons. The van der Waals surface area contributed by atoms with Crippen LogP contribution in [0.4, 0.5) is 0 Å². The van der Waals surface area contributed by atoms with Crippen molar-refractivity contribution in [1.29, 1.82) is 0 Å². The zero-order valence-electron chi connectivity index (χ0n) is 10.0. The van der Waals surface area contributed by atoms with Crippen LogP contribution in [0.1, 0.15) is 39.3 Å². The van der Waals surface area contributed by atoms with Gasteiger partial charge in [-0.2, -0.15) is 0 Å². The Labute approximate surface area is 91.8 Å². The van der Waals surface area contributed by atoms with Crippen molar-refractivity contribution >= 4 is 0 Å². The molecule has 0 aromatic carbocycles. The quantitative estimate of drug-likeness (QED) is 0.813. The lowest BCUT2D eigenvalue weighted by molar-refractivity contribution is -0.0146. The van der Waals surface area contributed by atoms with Crippen LogP contribution < -0.4 is 5.32 Å². The van der Waals surface area contributed by atoms with Crippen LogP contribution in [0.3, 0.4) is 0 Å². The van der Waals surface area contributed by atoms with Crippen LogP contribution in [0.15, 0.2) is 23.0 Å². The van der Waals surface area contributed by atoms with Gasteiger partial charge < -0.3 is 14.5 Å². The van der Waals surface area contributed by atoms with Gasteiger partial charge in [0.2, 0.25) is 0 Å². The van der Waals surface area contributed by atoms with Gasteiger partial charge in [0, 0.05) is 5.56 Å². The molecule has 0 aliphatic heterocycles. The van der Waals surface area contributed by atoms with Gasteiger partial charge in [0.25, 0.3) is 0 Å². The van der Waals surface area contributed by atoms with E-state index in [-0.39, 0.29) is 11.6 Å². The number of ether oxygens (including phenoxy) is 1. The molecule has 1 atom stereocenters. The molecule has 0 saturated heterocycles. The van der Waals surface area contributed by atoms with E-state index in [1.54, 1.807) is 12.5 Å². The van der Waals surface area contributed by atoms with E-state index in [4.69, 9.17) is 9.15 Å². The van der Waals surface area contributed by atoms with E-state index >= 15 is 0 Å². The molecule has 1 heterocycles. The van der Waals surface area contributed by atoms with Gasteiger partial charge in [-0.05, 0) is 33.4 Å². The predicted octanol–water partition coefficient (Wildman–Crippen LogP) is 2.75. The van der Waals surface area contributed by atoms with Gasteiger partial charge in [-0.25, -0.2) is 0 Å². The van der Waals surface area contributed by atoms with Crippen LogP contribution in [0, 0.1) is 0 Å². The Kier molecular flexibility index (Phi) is 4.36. The molecular formula is C12H21NO2. The second kappa shape index (κ2) is 5.33. The molecule has 0 bridgehead atoms. The van der Waals surface area contributed by atoms with E-state index in [1.165, 1.54) is 0 Å². The van der Waals surface area contributed by atoms with E-state index < -0.39 is 0 Å². The number of hydrogen-bond donors (Lipinski definition) is 1. The average molecular weight is 211 g/mol. The van der Waals surface area contributed by atoms with Gasteiger partial charge in [0.05, 0.1) is 30.8 Å². The summed E-state index contributed by atoms with van der Waals surface area (Å²) in [6.07, 6.45) is 3.45. The molecule has 1 unspecified atom stereocenters. The van der Waals surface area contributed by atoms with Crippen molar-refractivity contribution in [3.8, 4) is 0 Å². The lowest BCUT2D eigenvalue weighted by Crippen LogP contribution is -2.30. The summed E-state index contributed by atoms with van der Waals surface area (Å²) < 4.78 is 10.8. The fourth-order valence-electron chi connectivity index (χ4n) is 1.33. The molecule has 1 aromatic rings. The molecular weight excluding hydrogens is 190 g/mol. The highest BCUT2D eigenvalue weighted by molar-refractivity contribution is 5.11. The molecule has 3 nitrogen and oxygen atoms in total. The Bertz CT molecular complexity index is 262. The van der Waals surface area contributed by atoms with E-state index in [1.807, 2.05) is 6.07 Å². The van der Waals surface area contributed by atoms with Gasteiger partial charge in [-0.15, -0.1) is 0 Å². The Balaban J connectivity index is 2.52. The van der Waals surface area contributed by atoms with Crippen molar-refractivity contribution in [3.05, 3.63) is 24.2 Å². The Morgan fingerprint density at radius 1 is 1.47 bits per heavy atom. The number of rotatable bonds is 5. The Morgan fingerprint density at radius 2 is 2.20 bits per heavy atom. The maximum atomic E-state index is 5.76. The van der Waals surface area contributed by atoms with Gasteiger partial charge in [0.15, 0.2) is 0 Å². The molecule has 3 heteroatoms. The summed E-state index contributed by atoms with van der Waals surface area (Å²) >= 11 is 0. The van der Waals surface area contributed by atoms with Crippen molar-refractivity contribution in [3.63, 3.8) is 0 Å². The summed E-state index contributed by atoms with van der Waals surface area (Å²) in [4.78, 5) is 0. The fraction of sp³-hybridized carbons (Fsp3) is 0.667. The summed E-state index contributed by atoms with van der Waals surface area (Å²) in [5, 5.41) is 3.37. The molecule has 15 heavy (non-hydrogen) atoms. The number of likely N-dealkylation sites (N-methyl/N-ethyl adjacent to an activating group) is 1. The summed E-state index contributed by atoms with van der Waals surface area (Å²) in [6.45, 7) is 9.85. The fourth-order valence-corrected chi connectivity index (χ4v) is 1.33. The predicted molar refractivity (Wildman–Crippen MR) is 60.8 cm³/mol. The van der Waals surface area contributed by atoms with Crippen LogP contribution in [0.2, 0.25) is 0 Å². The SMILES string of the molecule is CCNC(COC(C)(C)C)c1ccoc1. The highest BCUT2D eigenvalue weighted by Gasteiger charge is 2.16. The van der Waals surface area contributed by atoms with Crippen LogP contribution in [0.5, 0.6) is 0 Å². The summed E-state index contributed by atoms with van der Waals surface area (Å²) in [5.41, 5.74) is 1.04. The first-order chi connectivity index (χ1) is 7.03. The second-order valence-electron chi connectivity index (χ2n) is 4.59. The molecule has 0 amide bonds. The van der Waals surface area contributed by atoms with Crippen molar-refractivity contribution < 1.29 is 9.15 Å². The third kappa shape index (κ3) is 4.49. The van der Waals surface area contributed by atoms with Crippen LogP contribution >= 0.6 is 0 Å².